The van der Waals surface area contributed by atoms with Crippen molar-refractivity contribution in [2.45, 2.75) is 50.0 Å². The maximum absolute atomic E-state index is 13.6. The molecule has 1 amide bonds. The van der Waals surface area contributed by atoms with E-state index in [0.29, 0.717) is 30.9 Å². The molecule has 0 bridgehead atoms. The van der Waals surface area contributed by atoms with Gasteiger partial charge in [0.2, 0.25) is 10.0 Å². The molecule has 2 aromatic carbocycles. The second kappa shape index (κ2) is 10.6. The molecule has 0 aromatic heterocycles. The molecule has 0 saturated carbocycles. The first-order valence-electron chi connectivity index (χ1n) is 11.8. The normalized spacial score (nSPS) is 17.5. The molecule has 2 aliphatic heterocycles. The van der Waals surface area contributed by atoms with Gasteiger partial charge in [0.25, 0.3) is 5.91 Å². The van der Waals surface area contributed by atoms with Gasteiger partial charge in [-0.15, -0.1) is 0 Å². The van der Waals surface area contributed by atoms with E-state index >= 15 is 0 Å². The molecule has 2 saturated heterocycles. The lowest BCUT2D eigenvalue weighted by Gasteiger charge is -2.33. The summed E-state index contributed by atoms with van der Waals surface area (Å²) in [6.45, 7) is 3.08. The predicted octanol–water partition coefficient (Wildman–Crippen LogP) is 3.79. The first-order chi connectivity index (χ1) is 16.0. The van der Waals surface area contributed by atoms with E-state index in [1.165, 1.54) is 0 Å². The molecule has 8 heteroatoms. The number of methoxy groups -OCH3 is 1. The van der Waals surface area contributed by atoms with Gasteiger partial charge in [0.1, 0.15) is 10.6 Å². The summed E-state index contributed by atoms with van der Waals surface area (Å²) in [5.41, 5.74) is 1.98. The molecule has 0 aliphatic carbocycles. The number of sulfonamides is 1. The zero-order valence-electron chi connectivity index (χ0n) is 19.3. The molecular weight excluding hydrogens is 438 g/mol. The summed E-state index contributed by atoms with van der Waals surface area (Å²) in [6, 6.07) is 12.6. The van der Waals surface area contributed by atoms with Crippen LogP contribution in [0.3, 0.4) is 0 Å². The van der Waals surface area contributed by atoms with Crippen molar-refractivity contribution in [3.63, 3.8) is 0 Å². The van der Waals surface area contributed by atoms with Crippen molar-refractivity contribution in [2.24, 2.45) is 0 Å². The van der Waals surface area contributed by atoms with Crippen LogP contribution in [0, 0.1) is 0 Å². The van der Waals surface area contributed by atoms with Crippen LogP contribution < -0.4 is 15.0 Å². The van der Waals surface area contributed by atoms with Crippen molar-refractivity contribution < 1.29 is 17.9 Å². The zero-order valence-corrected chi connectivity index (χ0v) is 20.1. The molecule has 0 radical (unpaired) electrons. The number of hydrogen-bond acceptors (Lipinski definition) is 5. The Morgan fingerprint density at radius 3 is 2.33 bits per heavy atom. The largest absolute Gasteiger partial charge is 0.497 e. The van der Waals surface area contributed by atoms with Crippen molar-refractivity contribution >= 4 is 21.6 Å². The number of carbonyl (C=O) groups excluding carboxylic acids is 1. The monoisotopic (exact) mass is 471 g/mol. The number of nitrogens with one attached hydrogen (secondary N) is 1. The summed E-state index contributed by atoms with van der Waals surface area (Å²) in [4.78, 5) is 15.4. The molecule has 0 atom stereocenters. The number of amides is 1. The van der Waals surface area contributed by atoms with E-state index in [1.807, 2.05) is 30.3 Å². The number of benzene rings is 2. The van der Waals surface area contributed by atoms with Crippen LogP contribution in [-0.2, 0) is 16.6 Å². The van der Waals surface area contributed by atoms with Gasteiger partial charge in [-0.3, -0.25) is 4.79 Å². The van der Waals surface area contributed by atoms with Crippen molar-refractivity contribution in [1.82, 2.24) is 9.62 Å². The Hall–Kier alpha value is -2.58. The Morgan fingerprint density at radius 1 is 0.939 bits per heavy atom. The highest BCUT2D eigenvalue weighted by Crippen LogP contribution is 2.32. The van der Waals surface area contributed by atoms with Gasteiger partial charge in [0.05, 0.1) is 12.8 Å². The zero-order chi connectivity index (χ0) is 23.3. The second-order valence-corrected chi connectivity index (χ2v) is 10.6. The Balaban J connectivity index is 1.60. The van der Waals surface area contributed by atoms with E-state index in [1.54, 1.807) is 23.5 Å². The van der Waals surface area contributed by atoms with Gasteiger partial charge in [-0.05, 0) is 68.0 Å². The van der Waals surface area contributed by atoms with Crippen LogP contribution in [0.4, 0.5) is 5.69 Å². The number of carbonyl (C=O) groups is 1. The second-order valence-electron chi connectivity index (χ2n) is 8.73. The highest BCUT2D eigenvalue weighted by Gasteiger charge is 2.31. The number of anilines is 1. The van der Waals surface area contributed by atoms with Gasteiger partial charge in [-0.25, -0.2) is 8.42 Å². The van der Waals surface area contributed by atoms with Crippen LogP contribution >= 0.6 is 0 Å². The molecule has 1 N–H and O–H groups in total. The average molecular weight is 472 g/mol. The van der Waals surface area contributed by atoms with E-state index in [2.05, 4.69) is 10.2 Å². The Morgan fingerprint density at radius 2 is 1.64 bits per heavy atom. The number of ether oxygens (including phenoxy) is 1. The summed E-state index contributed by atoms with van der Waals surface area (Å²) < 4.78 is 34.1. The van der Waals surface area contributed by atoms with Crippen LogP contribution in [0.15, 0.2) is 47.4 Å². The maximum Gasteiger partial charge on any atom is 0.251 e. The van der Waals surface area contributed by atoms with Gasteiger partial charge < -0.3 is 15.0 Å². The van der Waals surface area contributed by atoms with Crippen LogP contribution in [0.5, 0.6) is 5.75 Å². The van der Waals surface area contributed by atoms with Crippen molar-refractivity contribution in [3.05, 3.63) is 53.6 Å². The minimum atomic E-state index is -3.68. The Bertz CT molecular complexity index is 1070. The SMILES string of the molecule is COc1cccc(CNC(=O)c2ccc(N3CCCCC3)c(S(=O)(=O)N3CCCCC3)c2)c1. The third-order valence-electron chi connectivity index (χ3n) is 6.44. The molecule has 33 heavy (non-hydrogen) atoms. The van der Waals surface area contributed by atoms with Crippen molar-refractivity contribution in [3.8, 4) is 5.75 Å². The molecule has 0 unspecified atom stereocenters. The Labute approximate surface area is 196 Å². The standard InChI is InChI=1S/C25H33N3O4S/c1-32-22-10-8-9-20(17-22)19-26-25(29)21-11-12-23(27-13-4-2-5-14-27)24(18-21)33(30,31)28-15-6-3-7-16-28/h8-12,17-18H,2-7,13-16,19H2,1H3,(H,26,29). The minimum Gasteiger partial charge on any atom is -0.497 e. The lowest BCUT2D eigenvalue weighted by molar-refractivity contribution is 0.0950. The number of hydrogen-bond donors (Lipinski definition) is 1. The van der Waals surface area contributed by atoms with E-state index in [0.717, 1.165) is 62.9 Å². The average Bonchev–Trinajstić information content (AvgIpc) is 2.88. The molecule has 7 nitrogen and oxygen atoms in total. The van der Waals surface area contributed by atoms with Crippen LogP contribution in [-0.4, -0.2) is 51.9 Å². The maximum atomic E-state index is 13.6. The summed E-state index contributed by atoms with van der Waals surface area (Å²) in [5.74, 6) is 0.431. The van der Waals surface area contributed by atoms with E-state index in [9.17, 15) is 13.2 Å². The Kier molecular flexibility index (Phi) is 7.55. The van der Waals surface area contributed by atoms with Gasteiger partial charge in [-0.2, -0.15) is 4.31 Å². The first-order valence-corrected chi connectivity index (χ1v) is 13.2. The third kappa shape index (κ3) is 5.50. The summed E-state index contributed by atoms with van der Waals surface area (Å²) in [5, 5.41) is 2.91. The predicted molar refractivity (Wildman–Crippen MR) is 129 cm³/mol. The summed E-state index contributed by atoms with van der Waals surface area (Å²) in [7, 11) is -2.08. The lowest BCUT2D eigenvalue weighted by Crippen LogP contribution is -2.38. The fraction of sp³-hybridized carbons (Fsp3) is 0.480. The van der Waals surface area contributed by atoms with E-state index < -0.39 is 10.0 Å². The molecule has 4 rings (SSSR count). The summed E-state index contributed by atoms with van der Waals surface area (Å²) in [6.07, 6.45) is 6.06. The highest BCUT2D eigenvalue weighted by molar-refractivity contribution is 7.89. The smallest absolute Gasteiger partial charge is 0.251 e. The van der Waals surface area contributed by atoms with Crippen LogP contribution in [0.2, 0.25) is 0 Å². The fourth-order valence-electron chi connectivity index (χ4n) is 4.57. The van der Waals surface area contributed by atoms with Gasteiger partial charge >= 0.3 is 0 Å². The highest BCUT2D eigenvalue weighted by atomic mass is 32.2. The number of nitrogens with zero attached hydrogens (tertiary/aromatic N) is 2. The minimum absolute atomic E-state index is 0.250. The van der Waals surface area contributed by atoms with Gasteiger partial charge in [-0.1, -0.05) is 18.6 Å². The molecular formula is C25H33N3O4S. The van der Waals surface area contributed by atoms with Crippen LogP contribution in [0.25, 0.3) is 0 Å². The number of rotatable bonds is 7. The quantitative estimate of drug-likeness (QED) is 0.665. The molecule has 0 spiro atoms. The molecule has 2 heterocycles. The number of piperidine rings is 2. The van der Waals surface area contributed by atoms with Crippen LogP contribution in [0.1, 0.15) is 54.4 Å². The lowest BCUT2D eigenvalue weighted by atomic mass is 10.1. The van der Waals surface area contributed by atoms with Crippen molar-refractivity contribution in [1.29, 1.82) is 0 Å². The van der Waals surface area contributed by atoms with Crippen molar-refractivity contribution in [2.75, 3.05) is 38.2 Å². The van der Waals surface area contributed by atoms with E-state index in [-0.39, 0.29) is 10.8 Å². The molecule has 2 aromatic rings. The molecule has 178 valence electrons. The fourth-order valence-corrected chi connectivity index (χ4v) is 6.32. The third-order valence-corrected chi connectivity index (χ3v) is 8.37. The summed E-state index contributed by atoms with van der Waals surface area (Å²) >= 11 is 0. The van der Waals surface area contributed by atoms with E-state index in [4.69, 9.17) is 4.74 Å². The van der Waals surface area contributed by atoms with Gasteiger partial charge in [0.15, 0.2) is 0 Å². The first kappa shape index (κ1) is 23.6. The molecule has 2 fully saturated rings. The topological polar surface area (TPSA) is 79.0 Å². The molecule has 2 aliphatic rings. The van der Waals surface area contributed by atoms with Gasteiger partial charge in [0, 0.05) is 38.3 Å².